The molecule has 120 valence electrons. The number of rotatable bonds is 7. The molecule has 0 aromatic carbocycles. The number of aromatic nitrogens is 3. The monoisotopic (exact) mass is 351 g/mol. The van der Waals surface area contributed by atoms with E-state index in [-0.39, 0.29) is 19.0 Å². The molecule has 0 bridgehead atoms. The highest BCUT2D eigenvalue weighted by Crippen LogP contribution is 1.89. The Labute approximate surface area is 139 Å². The van der Waals surface area contributed by atoms with Crippen LogP contribution in [-0.4, -0.2) is 25.2 Å². The van der Waals surface area contributed by atoms with Crippen molar-refractivity contribution in [1.29, 1.82) is 0 Å². The summed E-state index contributed by atoms with van der Waals surface area (Å²) >= 11 is 12.1. The molecule has 0 aliphatic carbocycles. The van der Waals surface area contributed by atoms with Gasteiger partial charge in [0.1, 0.15) is 0 Å². The van der Waals surface area contributed by atoms with Gasteiger partial charge in [0.05, 0.1) is 5.88 Å². The van der Waals surface area contributed by atoms with Crippen LogP contribution >= 0.6 is 37.9 Å². The zero-order valence-corrected chi connectivity index (χ0v) is 14.5. The van der Waals surface area contributed by atoms with Gasteiger partial charge in [-0.15, -0.1) is 13.2 Å². The third kappa shape index (κ3) is 5.15. The molecule has 0 N–H and O–H groups in total. The molecule has 0 aliphatic rings. The van der Waals surface area contributed by atoms with E-state index in [1.165, 1.54) is 0 Å². The summed E-state index contributed by atoms with van der Waals surface area (Å²) in [5, 5.41) is 0. The Balaban J connectivity index is 0.00000191. The molecule has 21 heavy (non-hydrogen) atoms. The van der Waals surface area contributed by atoms with E-state index >= 15 is 0 Å². The Hall–Kier alpha value is -0.800. The molecule has 6 nitrogen and oxygen atoms in total. The topological polar surface area (TPSA) is 66.0 Å². The van der Waals surface area contributed by atoms with Crippen molar-refractivity contribution in [3.8, 4) is 0 Å². The summed E-state index contributed by atoms with van der Waals surface area (Å²) in [5.74, 6) is 1.06. The molecule has 0 fully saturated rings. The summed E-state index contributed by atoms with van der Waals surface area (Å²) in [6, 6.07) is 0. The molecular weight excluding hydrogens is 330 g/mol. The first-order valence-corrected chi connectivity index (χ1v) is 8.25. The molecule has 0 saturated heterocycles. The average Bonchev–Trinajstić information content (AvgIpc) is 2.49. The SMILES string of the molecule is C=C.O=c1n(CS)c(=O)n(CCCS)c(=O)n1CCCS. The predicted molar refractivity (Wildman–Crippen MR) is 96.4 cm³/mol. The average molecular weight is 352 g/mol. The molecular formula is C12H21N3O3S3. The van der Waals surface area contributed by atoms with E-state index in [1.807, 2.05) is 0 Å². The van der Waals surface area contributed by atoms with Crippen LogP contribution in [0.5, 0.6) is 0 Å². The van der Waals surface area contributed by atoms with Crippen molar-refractivity contribution >= 4 is 37.9 Å². The van der Waals surface area contributed by atoms with Gasteiger partial charge in [-0.3, -0.25) is 0 Å². The van der Waals surface area contributed by atoms with Crippen molar-refractivity contribution in [1.82, 2.24) is 13.7 Å². The smallest absolute Gasteiger partial charge is 0.247 e. The highest BCUT2D eigenvalue weighted by molar-refractivity contribution is 7.80. The molecule has 0 spiro atoms. The molecule has 1 rings (SSSR count). The molecule has 0 unspecified atom stereocenters. The minimum absolute atomic E-state index is 0.0559. The third-order valence-electron chi connectivity index (χ3n) is 2.61. The van der Waals surface area contributed by atoms with Crippen LogP contribution in [0.2, 0.25) is 0 Å². The van der Waals surface area contributed by atoms with Crippen molar-refractivity contribution in [3.63, 3.8) is 0 Å². The van der Waals surface area contributed by atoms with Gasteiger partial charge in [-0.05, 0) is 24.3 Å². The van der Waals surface area contributed by atoms with E-state index in [0.717, 1.165) is 13.7 Å². The van der Waals surface area contributed by atoms with Gasteiger partial charge in [0, 0.05) is 13.1 Å². The minimum Gasteiger partial charge on any atom is -0.247 e. The lowest BCUT2D eigenvalue weighted by Gasteiger charge is -2.12. The second kappa shape index (κ2) is 10.9. The normalized spacial score (nSPS) is 10.0. The number of nitrogens with zero attached hydrogens (tertiary/aromatic N) is 3. The maximum atomic E-state index is 12.1. The van der Waals surface area contributed by atoms with E-state index in [4.69, 9.17) is 0 Å². The highest BCUT2D eigenvalue weighted by atomic mass is 32.1. The Morgan fingerprint density at radius 2 is 1.05 bits per heavy atom. The summed E-state index contributed by atoms with van der Waals surface area (Å²) in [6.45, 7) is 6.49. The third-order valence-corrected chi connectivity index (χ3v) is 3.52. The van der Waals surface area contributed by atoms with Crippen molar-refractivity contribution in [2.45, 2.75) is 31.8 Å². The van der Waals surface area contributed by atoms with E-state index in [0.29, 0.717) is 24.3 Å². The lowest BCUT2D eigenvalue weighted by atomic mass is 10.4. The zero-order valence-electron chi connectivity index (χ0n) is 11.8. The summed E-state index contributed by atoms with van der Waals surface area (Å²) in [5.41, 5.74) is -1.81. The van der Waals surface area contributed by atoms with Gasteiger partial charge >= 0.3 is 17.1 Å². The van der Waals surface area contributed by atoms with Crippen LogP contribution in [0.15, 0.2) is 27.5 Å². The molecule has 0 radical (unpaired) electrons. The molecule has 0 saturated carbocycles. The van der Waals surface area contributed by atoms with Gasteiger partial charge in [0.25, 0.3) is 0 Å². The fraction of sp³-hybridized carbons (Fsp3) is 0.583. The van der Waals surface area contributed by atoms with Crippen LogP contribution < -0.4 is 17.1 Å². The highest BCUT2D eigenvalue weighted by Gasteiger charge is 2.13. The first-order valence-electron chi connectivity index (χ1n) is 6.35. The van der Waals surface area contributed by atoms with Gasteiger partial charge in [0.15, 0.2) is 0 Å². The zero-order chi connectivity index (χ0) is 16.4. The largest absolute Gasteiger partial charge is 0.337 e. The van der Waals surface area contributed by atoms with Gasteiger partial charge in [-0.25, -0.2) is 28.1 Å². The quantitative estimate of drug-likeness (QED) is 0.495. The number of hydrogen-bond donors (Lipinski definition) is 3. The van der Waals surface area contributed by atoms with Crippen molar-refractivity contribution in [2.75, 3.05) is 11.5 Å². The summed E-state index contributed by atoms with van der Waals surface area (Å²) < 4.78 is 3.07. The van der Waals surface area contributed by atoms with Gasteiger partial charge in [-0.1, -0.05) is 0 Å². The second-order valence-electron chi connectivity index (χ2n) is 3.87. The maximum Gasteiger partial charge on any atom is 0.337 e. The molecule has 1 heterocycles. The van der Waals surface area contributed by atoms with Crippen molar-refractivity contribution < 1.29 is 0 Å². The van der Waals surface area contributed by atoms with Crippen LogP contribution in [0, 0.1) is 0 Å². The number of thiol groups is 3. The lowest BCUT2D eigenvalue weighted by Crippen LogP contribution is -2.54. The van der Waals surface area contributed by atoms with E-state index < -0.39 is 17.1 Å². The van der Waals surface area contributed by atoms with Crippen LogP contribution in [0.25, 0.3) is 0 Å². The molecule has 1 aromatic rings. The molecule has 1 aromatic heterocycles. The van der Waals surface area contributed by atoms with E-state index in [1.54, 1.807) is 0 Å². The van der Waals surface area contributed by atoms with Gasteiger partial charge in [0.2, 0.25) is 0 Å². The van der Waals surface area contributed by atoms with Gasteiger partial charge in [-0.2, -0.15) is 37.9 Å². The maximum absolute atomic E-state index is 12.1. The van der Waals surface area contributed by atoms with Crippen LogP contribution in [0.3, 0.4) is 0 Å². The standard InChI is InChI=1S/C10H17N3O3S3.C2H4/c14-8-11(3-1-5-17)9(15)13(7-19)10(16)12(8)4-2-6-18;1-2/h17-19H,1-7H2;1-2H2. The van der Waals surface area contributed by atoms with E-state index in [9.17, 15) is 14.4 Å². The molecule has 0 atom stereocenters. The molecule has 9 heteroatoms. The Morgan fingerprint density at radius 3 is 1.33 bits per heavy atom. The Morgan fingerprint density at radius 1 is 0.714 bits per heavy atom. The van der Waals surface area contributed by atoms with Crippen LogP contribution in [0.4, 0.5) is 0 Å². The first kappa shape index (κ1) is 20.2. The number of hydrogen-bond acceptors (Lipinski definition) is 6. The lowest BCUT2D eigenvalue weighted by molar-refractivity contribution is 0.464. The Kier molecular flexibility index (Phi) is 10.4. The predicted octanol–water partition coefficient (Wildman–Crippen LogP) is 0.501. The van der Waals surface area contributed by atoms with E-state index in [2.05, 4.69) is 51.0 Å². The summed E-state index contributed by atoms with van der Waals surface area (Å²) in [7, 11) is 0. The molecule has 0 amide bonds. The van der Waals surface area contributed by atoms with Gasteiger partial charge < -0.3 is 0 Å². The van der Waals surface area contributed by atoms with Crippen LogP contribution in [0.1, 0.15) is 12.8 Å². The fourth-order valence-electron chi connectivity index (χ4n) is 1.64. The first-order chi connectivity index (χ1) is 10.1. The minimum atomic E-state index is -0.617. The summed E-state index contributed by atoms with van der Waals surface area (Å²) in [4.78, 5) is 36.1. The van der Waals surface area contributed by atoms with Crippen molar-refractivity contribution in [3.05, 3.63) is 44.6 Å². The molecule has 0 aliphatic heterocycles. The summed E-state index contributed by atoms with van der Waals surface area (Å²) in [6.07, 6.45) is 1.16. The Bertz CT molecular complexity index is 560. The van der Waals surface area contributed by atoms with Crippen LogP contribution in [-0.2, 0) is 19.0 Å². The fourth-order valence-corrected chi connectivity index (χ4v) is 2.17. The van der Waals surface area contributed by atoms with Crippen molar-refractivity contribution in [2.24, 2.45) is 0 Å². The second-order valence-corrected chi connectivity index (χ2v) is 5.05.